The lowest BCUT2D eigenvalue weighted by atomic mass is 9.97. The molecule has 0 bridgehead atoms. The summed E-state index contributed by atoms with van der Waals surface area (Å²) in [5, 5.41) is 9.71. The second kappa shape index (κ2) is 13.6. The minimum atomic E-state index is -0.0190. The van der Waals surface area contributed by atoms with Crippen molar-refractivity contribution in [1.29, 1.82) is 0 Å². The molecule has 0 saturated carbocycles. The highest BCUT2D eigenvalue weighted by atomic mass is 127. The Bertz CT molecular complexity index is 672. The zero-order chi connectivity index (χ0) is 19.5. The van der Waals surface area contributed by atoms with Gasteiger partial charge in [0.05, 0.1) is 0 Å². The molecule has 2 rings (SSSR count). The van der Waals surface area contributed by atoms with Crippen LogP contribution in [-0.4, -0.2) is 31.5 Å². The van der Waals surface area contributed by atoms with Gasteiger partial charge in [0.2, 0.25) is 0 Å². The highest BCUT2D eigenvalue weighted by Crippen LogP contribution is 2.19. The van der Waals surface area contributed by atoms with E-state index in [1.54, 1.807) is 12.6 Å². The molecular formula is C22H35IN4O. The molecule has 1 atom stereocenters. The number of halogens is 1. The number of benzene rings is 1. The van der Waals surface area contributed by atoms with E-state index in [0.717, 1.165) is 30.9 Å². The Labute approximate surface area is 186 Å². The Morgan fingerprint density at radius 1 is 1.25 bits per heavy atom. The molecule has 0 radical (unpaired) electrons. The summed E-state index contributed by atoms with van der Waals surface area (Å²) in [6.45, 7) is 5.60. The molecule has 0 aromatic heterocycles. The van der Waals surface area contributed by atoms with Crippen LogP contribution in [0.1, 0.15) is 68.3 Å². The van der Waals surface area contributed by atoms with Crippen molar-refractivity contribution in [3.8, 4) is 0 Å². The minimum absolute atomic E-state index is 0. The van der Waals surface area contributed by atoms with Crippen LogP contribution in [0.4, 0.5) is 0 Å². The lowest BCUT2D eigenvalue weighted by Gasteiger charge is -2.15. The maximum atomic E-state index is 12.3. The Balaban J connectivity index is 0.00000392. The Morgan fingerprint density at radius 3 is 2.75 bits per heavy atom. The van der Waals surface area contributed by atoms with Crippen LogP contribution in [0.15, 0.2) is 40.9 Å². The molecule has 0 aliphatic heterocycles. The van der Waals surface area contributed by atoms with Gasteiger partial charge in [-0.15, -0.1) is 24.0 Å². The van der Waals surface area contributed by atoms with E-state index in [4.69, 9.17) is 0 Å². The summed E-state index contributed by atoms with van der Waals surface area (Å²) in [5.41, 5.74) is 3.32. The zero-order valence-corrected chi connectivity index (χ0v) is 19.7. The third-order valence-electron chi connectivity index (χ3n) is 4.99. The lowest BCUT2D eigenvalue weighted by molar-refractivity contribution is 0.0939. The van der Waals surface area contributed by atoms with E-state index in [2.05, 4.69) is 33.9 Å². The summed E-state index contributed by atoms with van der Waals surface area (Å²) in [7, 11) is 1.78. The monoisotopic (exact) mass is 498 g/mol. The first-order valence-corrected chi connectivity index (χ1v) is 10.1. The molecule has 1 aromatic rings. The Hall–Kier alpha value is -1.57. The van der Waals surface area contributed by atoms with Crippen molar-refractivity contribution >= 4 is 35.8 Å². The SMILES string of the molecule is CCC(C)NC(=O)c1cccc(CNC(=NC)NCCC2=CCCCC2)c1.I. The van der Waals surface area contributed by atoms with Gasteiger partial charge in [-0.1, -0.05) is 30.7 Å². The van der Waals surface area contributed by atoms with Crippen LogP contribution < -0.4 is 16.0 Å². The summed E-state index contributed by atoms with van der Waals surface area (Å²) >= 11 is 0. The average molecular weight is 498 g/mol. The fraction of sp³-hybridized carbons (Fsp3) is 0.545. The fourth-order valence-electron chi connectivity index (χ4n) is 3.11. The number of hydrogen-bond donors (Lipinski definition) is 3. The van der Waals surface area contributed by atoms with Gasteiger partial charge in [0.25, 0.3) is 5.91 Å². The van der Waals surface area contributed by atoms with Crippen molar-refractivity contribution in [2.45, 2.75) is 65.0 Å². The summed E-state index contributed by atoms with van der Waals surface area (Å²) in [6, 6.07) is 7.92. The number of carbonyl (C=O) groups is 1. The van der Waals surface area contributed by atoms with Crippen LogP contribution in [0.3, 0.4) is 0 Å². The van der Waals surface area contributed by atoms with Gasteiger partial charge in [0, 0.05) is 31.7 Å². The standard InChI is InChI=1S/C22H34N4O.HI/c1-4-17(2)26-21(27)20-12-8-11-19(15-20)16-25-22(23-3)24-14-13-18-9-6-5-7-10-18;/h8-9,11-12,15,17H,4-7,10,13-14,16H2,1-3H3,(H,26,27)(H2,23,24,25);1H. The van der Waals surface area contributed by atoms with Crippen molar-refractivity contribution in [2.75, 3.05) is 13.6 Å². The van der Waals surface area contributed by atoms with E-state index < -0.39 is 0 Å². The first kappa shape index (κ1) is 24.5. The average Bonchev–Trinajstić information content (AvgIpc) is 2.71. The van der Waals surface area contributed by atoms with Gasteiger partial charge in [-0.3, -0.25) is 9.79 Å². The largest absolute Gasteiger partial charge is 0.356 e. The number of nitrogens with one attached hydrogen (secondary N) is 3. The van der Waals surface area contributed by atoms with Crippen LogP contribution in [-0.2, 0) is 6.54 Å². The number of aliphatic imine (C=N–C) groups is 1. The summed E-state index contributed by atoms with van der Waals surface area (Å²) in [4.78, 5) is 16.6. The van der Waals surface area contributed by atoms with Crippen LogP contribution in [0.2, 0.25) is 0 Å². The van der Waals surface area contributed by atoms with E-state index >= 15 is 0 Å². The molecule has 156 valence electrons. The lowest BCUT2D eigenvalue weighted by Crippen LogP contribution is -2.37. The topological polar surface area (TPSA) is 65.5 Å². The smallest absolute Gasteiger partial charge is 0.251 e. The second-order valence-corrected chi connectivity index (χ2v) is 7.19. The number of carbonyl (C=O) groups excluding carboxylic acids is 1. The van der Waals surface area contributed by atoms with Crippen LogP contribution in [0.5, 0.6) is 0 Å². The van der Waals surface area contributed by atoms with Gasteiger partial charge in [-0.2, -0.15) is 0 Å². The van der Waals surface area contributed by atoms with Crippen LogP contribution >= 0.6 is 24.0 Å². The van der Waals surface area contributed by atoms with E-state index in [0.29, 0.717) is 12.1 Å². The predicted molar refractivity (Wildman–Crippen MR) is 128 cm³/mol. The second-order valence-electron chi connectivity index (χ2n) is 7.19. The van der Waals surface area contributed by atoms with Crippen LogP contribution in [0.25, 0.3) is 0 Å². The molecule has 1 aliphatic carbocycles. The van der Waals surface area contributed by atoms with Crippen molar-refractivity contribution < 1.29 is 4.79 Å². The number of guanidine groups is 1. The molecule has 0 fully saturated rings. The van der Waals surface area contributed by atoms with Crippen molar-refractivity contribution in [1.82, 2.24) is 16.0 Å². The first-order chi connectivity index (χ1) is 13.1. The van der Waals surface area contributed by atoms with Gasteiger partial charge in [-0.05, 0) is 63.1 Å². The number of nitrogens with zero attached hydrogens (tertiary/aromatic N) is 1. The molecule has 0 saturated heterocycles. The maximum Gasteiger partial charge on any atom is 0.251 e. The Kier molecular flexibility index (Phi) is 11.9. The van der Waals surface area contributed by atoms with E-state index in [9.17, 15) is 4.79 Å². The van der Waals surface area contributed by atoms with Gasteiger partial charge < -0.3 is 16.0 Å². The van der Waals surface area contributed by atoms with Gasteiger partial charge in [0.1, 0.15) is 0 Å². The highest BCUT2D eigenvalue weighted by Gasteiger charge is 2.09. The summed E-state index contributed by atoms with van der Waals surface area (Å²) in [6.07, 6.45) is 9.49. The van der Waals surface area contributed by atoms with E-state index in [1.807, 2.05) is 31.2 Å². The van der Waals surface area contributed by atoms with Gasteiger partial charge in [-0.25, -0.2) is 0 Å². The third-order valence-corrected chi connectivity index (χ3v) is 4.99. The van der Waals surface area contributed by atoms with Gasteiger partial charge >= 0.3 is 0 Å². The van der Waals surface area contributed by atoms with Crippen LogP contribution in [0, 0.1) is 0 Å². The number of rotatable bonds is 8. The molecule has 1 unspecified atom stereocenters. The highest BCUT2D eigenvalue weighted by molar-refractivity contribution is 14.0. The molecule has 1 aliphatic rings. The predicted octanol–water partition coefficient (Wildman–Crippen LogP) is 4.39. The molecule has 1 amide bonds. The summed E-state index contributed by atoms with van der Waals surface area (Å²) in [5.74, 6) is 0.773. The third kappa shape index (κ3) is 8.63. The molecule has 3 N–H and O–H groups in total. The van der Waals surface area contributed by atoms with Crippen molar-refractivity contribution in [3.05, 3.63) is 47.0 Å². The molecule has 0 spiro atoms. The van der Waals surface area contributed by atoms with Crippen molar-refractivity contribution in [2.24, 2.45) is 4.99 Å². The fourth-order valence-corrected chi connectivity index (χ4v) is 3.11. The number of amides is 1. The number of allylic oxidation sites excluding steroid dienone is 1. The minimum Gasteiger partial charge on any atom is -0.356 e. The summed E-state index contributed by atoms with van der Waals surface area (Å²) < 4.78 is 0. The zero-order valence-electron chi connectivity index (χ0n) is 17.4. The molecule has 6 heteroatoms. The van der Waals surface area contributed by atoms with E-state index in [1.165, 1.54) is 25.7 Å². The molecule has 1 aromatic carbocycles. The van der Waals surface area contributed by atoms with Crippen molar-refractivity contribution in [3.63, 3.8) is 0 Å². The van der Waals surface area contributed by atoms with E-state index in [-0.39, 0.29) is 35.9 Å². The maximum absolute atomic E-state index is 12.3. The molecule has 28 heavy (non-hydrogen) atoms. The molecule has 5 nitrogen and oxygen atoms in total. The first-order valence-electron chi connectivity index (χ1n) is 10.1. The quantitative estimate of drug-likeness (QED) is 0.216. The molecule has 0 heterocycles. The Morgan fingerprint density at radius 2 is 2.07 bits per heavy atom. The number of hydrogen-bond acceptors (Lipinski definition) is 2. The van der Waals surface area contributed by atoms with Gasteiger partial charge in [0.15, 0.2) is 5.96 Å². The molecular weight excluding hydrogens is 463 g/mol. The normalized spacial score (nSPS) is 15.1.